The molecule has 0 aromatic heterocycles. The second-order valence-electron chi connectivity index (χ2n) is 6.82. The summed E-state index contributed by atoms with van der Waals surface area (Å²) in [5, 5.41) is 0. The van der Waals surface area contributed by atoms with Crippen molar-refractivity contribution in [3.05, 3.63) is 53.1 Å². The summed E-state index contributed by atoms with van der Waals surface area (Å²) in [7, 11) is 6.62. The van der Waals surface area contributed by atoms with Crippen molar-refractivity contribution in [1.82, 2.24) is 4.90 Å². The van der Waals surface area contributed by atoms with Crippen LogP contribution in [0.15, 0.2) is 36.4 Å². The molecule has 1 amide bonds. The molecule has 0 saturated carbocycles. The van der Waals surface area contributed by atoms with E-state index in [2.05, 4.69) is 24.3 Å². The minimum Gasteiger partial charge on any atom is -0.493 e. The van der Waals surface area contributed by atoms with Gasteiger partial charge in [-0.05, 0) is 48.1 Å². The molecule has 5 nitrogen and oxygen atoms in total. The van der Waals surface area contributed by atoms with E-state index in [1.807, 2.05) is 24.1 Å². The van der Waals surface area contributed by atoms with Crippen LogP contribution in [0.2, 0.25) is 0 Å². The number of fused-ring (bicyclic) bond motifs is 1. The summed E-state index contributed by atoms with van der Waals surface area (Å²) < 4.78 is 16.1. The van der Waals surface area contributed by atoms with Crippen molar-refractivity contribution in [3.63, 3.8) is 0 Å². The van der Waals surface area contributed by atoms with E-state index >= 15 is 0 Å². The van der Waals surface area contributed by atoms with E-state index in [-0.39, 0.29) is 18.4 Å². The molecule has 0 saturated heterocycles. The highest BCUT2D eigenvalue weighted by Gasteiger charge is 2.27. The summed E-state index contributed by atoms with van der Waals surface area (Å²) in [5.74, 6) is 1.73. The quantitative estimate of drug-likeness (QED) is 0.777. The van der Waals surface area contributed by atoms with Gasteiger partial charge in [0.25, 0.3) is 0 Å². The third-order valence-electron chi connectivity index (χ3n) is 5.28. The molecule has 27 heavy (non-hydrogen) atoms. The first-order chi connectivity index (χ1) is 13.1. The number of carbonyl (C=O) groups is 1. The maximum atomic E-state index is 13.0. The van der Waals surface area contributed by atoms with Gasteiger partial charge >= 0.3 is 0 Å². The molecule has 0 heterocycles. The fraction of sp³-hybridized carbons (Fsp3) is 0.409. The molecular weight excluding hydrogens is 342 g/mol. The zero-order valence-electron chi connectivity index (χ0n) is 16.5. The number of benzene rings is 2. The third-order valence-corrected chi connectivity index (χ3v) is 5.28. The molecule has 5 heteroatoms. The van der Waals surface area contributed by atoms with Crippen LogP contribution in [0, 0.1) is 0 Å². The van der Waals surface area contributed by atoms with Crippen molar-refractivity contribution >= 4 is 5.91 Å². The number of amides is 1. The normalized spacial score (nSPS) is 15.6. The van der Waals surface area contributed by atoms with Crippen molar-refractivity contribution in [1.29, 1.82) is 0 Å². The van der Waals surface area contributed by atoms with Crippen molar-refractivity contribution in [2.45, 2.75) is 31.7 Å². The third kappa shape index (κ3) is 3.87. The average molecular weight is 369 g/mol. The Hall–Kier alpha value is -2.69. The van der Waals surface area contributed by atoms with Crippen LogP contribution < -0.4 is 14.2 Å². The lowest BCUT2D eigenvalue weighted by Crippen LogP contribution is -2.34. The van der Waals surface area contributed by atoms with E-state index in [4.69, 9.17) is 14.2 Å². The van der Waals surface area contributed by atoms with Crippen LogP contribution in [0.5, 0.6) is 17.2 Å². The molecule has 0 aliphatic heterocycles. The summed E-state index contributed by atoms with van der Waals surface area (Å²) in [6, 6.07) is 12.2. The number of methoxy groups -OCH3 is 3. The minimum atomic E-state index is 0.0750. The largest absolute Gasteiger partial charge is 0.493 e. The summed E-state index contributed by atoms with van der Waals surface area (Å²) in [5.41, 5.74) is 3.45. The highest BCUT2D eigenvalue weighted by atomic mass is 16.5. The molecule has 1 atom stereocenters. The van der Waals surface area contributed by atoms with Gasteiger partial charge in [-0.3, -0.25) is 4.79 Å². The second-order valence-corrected chi connectivity index (χ2v) is 6.82. The summed E-state index contributed by atoms with van der Waals surface area (Å²) in [6.45, 7) is 0. The number of likely N-dealkylation sites (N-methyl/N-ethyl adjacent to an activating group) is 1. The van der Waals surface area contributed by atoms with Gasteiger partial charge in [0.1, 0.15) is 0 Å². The number of hydrogen-bond acceptors (Lipinski definition) is 4. The minimum absolute atomic E-state index is 0.0750. The van der Waals surface area contributed by atoms with Crippen LogP contribution in [-0.2, 0) is 17.6 Å². The van der Waals surface area contributed by atoms with E-state index in [0.29, 0.717) is 17.2 Å². The average Bonchev–Trinajstić information content (AvgIpc) is 2.71. The van der Waals surface area contributed by atoms with E-state index in [9.17, 15) is 4.79 Å². The predicted octanol–water partition coefficient (Wildman–Crippen LogP) is 3.79. The molecule has 2 aromatic rings. The zero-order valence-corrected chi connectivity index (χ0v) is 16.5. The van der Waals surface area contributed by atoms with Crippen LogP contribution >= 0.6 is 0 Å². The number of carbonyl (C=O) groups excluding carboxylic acids is 1. The molecular formula is C22H27NO4. The number of rotatable bonds is 6. The molecule has 3 rings (SSSR count). The Labute approximate surface area is 160 Å². The van der Waals surface area contributed by atoms with Crippen LogP contribution in [-0.4, -0.2) is 39.2 Å². The lowest BCUT2D eigenvalue weighted by Gasteiger charge is -2.33. The van der Waals surface area contributed by atoms with Gasteiger partial charge in [-0.1, -0.05) is 24.3 Å². The molecule has 0 fully saturated rings. The van der Waals surface area contributed by atoms with E-state index in [1.54, 1.807) is 21.3 Å². The Balaban J connectivity index is 1.82. The summed E-state index contributed by atoms with van der Waals surface area (Å²) >= 11 is 0. The summed E-state index contributed by atoms with van der Waals surface area (Å²) in [4.78, 5) is 14.9. The molecule has 0 N–H and O–H groups in total. The van der Waals surface area contributed by atoms with Gasteiger partial charge in [-0.15, -0.1) is 0 Å². The van der Waals surface area contributed by atoms with Crippen LogP contribution in [0.25, 0.3) is 0 Å². The smallest absolute Gasteiger partial charge is 0.227 e. The Morgan fingerprint density at radius 1 is 1.07 bits per heavy atom. The lowest BCUT2D eigenvalue weighted by molar-refractivity contribution is -0.131. The van der Waals surface area contributed by atoms with Crippen molar-refractivity contribution < 1.29 is 19.0 Å². The molecule has 1 aliphatic rings. The fourth-order valence-corrected chi connectivity index (χ4v) is 3.84. The Morgan fingerprint density at radius 2 is 1.74 bits per heavy atom. The molecule has 1 unspecified atom stereocenters. The lowest BCUT2D eigenvalue weighted by atomic mass is 9.87. The van der Waals surface area contributed by atoms with Crippen molar-refractivity contribution in [2.24, 2.45) is 0 Å². The van der Waals surface area contributed by atoms with Crippen molar-refractivity contribution in [2.75, 3.05) is 28.4 Å². The monoisotopic (exact) mass is 369 g/mol. The Morgan fingerprint density at radius 3 is 2.37 bits per heavy atom. The molecule has 0 radical (unpaired) electrons. The van der Waals surface area contributed by atoms with Gasteiger partial charge in [0.05, 0.1) is 33.8 Å². The SMILES string of the molecule is COc1cc(CC(=O)N(C)C2CCCc3ccccc32)cc(OC)c1OC. The first-order valence-corrected chi connectivity index (χ1v) is 9.21. The van der Waals surface area contributed by atoms with Gasteiger partial charge in [0.15, 0.2) is 11.5 Å². The van der Waals surface area contributed by atoms with Gasteiger partial charge in [0.2, 0.25) is 11.7 Å². The van der Waals surface area contributed by atoms with Crippen LogP contribution in [0.3, 0.4) is 0 Å². The molecule has 0 bridgehead atoms. The van der Waals surface area contributed by atoms with Gasteiger partial charge in [-0.2, -0.15) is 0 Å². The standard InChI is InChI=1S/C22H27NO4/c1-23(18-11-7-9-16-8-5-6-10-17(16)18)21(24)14-15-12-19(25-2)22(27-4)20(13-15)26-3/h5-6,8,10,12-13,18H,7,9,11,14H2,1-4H3. The van der Waals surface area contributed by atoms with E-state index in [1.165, 1.54) is 11.1 Å². The maximum absolute atomic E-state index is 13.0. The first-order valence-electron chi connectivity index (χ1n) is 9.21. The molecule has 0 spiro atoms. The highest BCUT2D eigenvalue weighted by molar-refractivity contribution is 5.79. The van der Waals surface area contributed by atoms with Crippen molar-refractivity contribution in [3.8, 4) is 17.2 Å². The number of hydrogen-bond donors (Lipinski definition) is 0. The molecule has 2 aromatic carbocycles. The number of aryl methyl sites for hydroxylation is 1. The Kier molecular flexibility index (Phi) is 5.89. The topological polar surface area (TPSA) is 48.0 Å². The highest BCUT2D eigenvalue weighted by Crippen LogP contribution is 2.39. The van der Waals surface area contributed by atoms with Crippen LogP contribution in [0.4, 0.5) is 0 Å². The van der Waals surface area contributed by atoms with E-state index in [0.717, 1.165) is 24.8 Å². The molecule has 144 valence electrons. The maximum Gasteiger partial charge on any atom is 0.227 e. The molecule has 1 aliphatic carbocycles. The van der Waals surface area contributed by atoms with E-state index < -0.39 is 0 Å². The number of nitrogens with zero attached hydrogens (tertiary/aromatic N) is 1. The zero-order chi connectivity index (χ0) is 19.4. The van der Waals surface area contributed by atoms with Gasteiger partial charge in [0, 0.05) is 7.05 Å². The van der Waals surface area contributed by atoms with Crippen LogP contribution in [0.1, 0.15) is 35.6 Å². The Bertz CT molecular complexity index is 793. The fourth-order valence-electron chi connectivity index (χ4n) is 3.84. The van der Waals surface area contributed by atoms with Gasteiger partial charge < -0.3 is 19.1 Å². The second kappa shape index (κ2) is 8.33. The first kappa shape index (κ1) is 19.1. The number of ether oxygens (including phenoxy) is 3. The summed E-state index contributed by atoms with van der Waals surface area (Å²) in [6.07, 6.45) is 3.46. The van der Waals surface area contributed by atoms with Gasteiger partial charge in [-0.25, -0.2) is 0 Å². The predicted molar refractivity (Wildman–Crippen MR) is 105 cm³/mol.